The second-order valence-corrected chi connectivity index (χ2v) is 8.79. The molecule has 1 aromatic carbocycles. The van der Waals surface area contributed by atoms with E-state index >= 15 is 0 Å². The van der Waals surface area contributed by atoms with Crippen molar-refractivity contribution in [1.29, 1.82) is 0 Å². The van der Waals surface area contributed by atoms with Gasteiger partial charge in [-0.3, -0.25) is 4.90 Å². The highest BCUT2D eigenvalue weighted by molar-refractivity contribution is 7.13. The second-order valence-electron chi connectivity index (χ2n) is 7.17. The average molecular weight is 443 g/mol. The van der Waals surface area contributed by atoms with Gasteiger partial charge in [0.2, 0.25) is 11.7 Å². The first-order chi connectivity index (χ1) is 14.8. The molecule has 0 saturated carbocycles. The van der Waals surface area contributed by atoms with Gasteiger partial charge in [0, 0.05) is 50.4 Å². The molecule has 1 aliphatic rings. The van der Waals surface area contributed by atoms with E-state index in [1.54, 1.807) is 18.5 Å². The molecule has 0 bridgehead atoms. The van der Waals surface area contributed by atoms with E-state index in [0.29, 0.717) is 29.2 Å². The van der Waals surface area contributed by atoms with Gasteiger partial charge in [-0.25, -0.2) is 0 Å². The number of anilines is 1. The van der Waals surface area contributed by atoms with E-state index in [-0.39, 0.29) is 0 Å². The second kappa shape index (κ2) is 8.66. The van der Waals surface area contributed by atoms with Crippen LogP contribution in [0.4, 0.5) is 5.82 Å². The number of thiazole rings is 1. The molecule has 5 rings (SSSR count). The maximum absolute atomic E-state index is 5.81. The van der Waals surface area contributed by atoms with E-state index < -0.39 is 0 Å². The quantitative estimate of drug-likeness (QED) is 0.401. The summed E-state index contributed by atoms with van der Waals surface area (Å²) >= 11 is 3.04. The molecule has 10 heteroatoms. The van der Waals surface area contributed by atoms with Crippen molar-refractivity contribution in [3.63, 3.8) is 0 Å². The Bertz CT molecular complexity index is 1120. The van der Waals surface area contributed by atoms with Crippen LogP contribution in [0, 0.1) is 6.92 Å². The highest BCUT2D eigenvalue weighted by Gasteiger charge is 2.20. The lowest BCUT2D eigenvalue weighted by molar-refractivity contribution is 0.224. The van der Waals surface area contributed by atoms with E-state index in [2.05, 4.69) is 53.6 Å². The summed E-state index contributed by atoms with van der Waals surface area (Å²) in [6.07, 6.45) is 0.968. The fourth-order valence-corrected chi connectivity index (χ4v) is 5.03. The molecule has 1 saturated heterocycles. The number of rotatable bonds is 7. The number of aromatic nitrogens is 4. The third-order valence-corrected chi connectivity index (χ3v) is 6.68. The van der Waals surface area contributed by atoms with Gasteiger partial charge in [-0.2, -0.15) is 14.3 Å². The molecule has 4 heterocycles. The van der Waals surface area contributed by atoms with Crippen LogP contribution >= 0.6 is 22.9 Å². The van der Waals surface area contributed by atoms with Crippen molar-refractivity contribution in [3.8, 4) is 16.7 Å². The van der Waals surface area contributed by atoms with Crippen LogP contribution < -0.4 is 9.64 Å². The van der Waals surface area contributed by atoms with Crippen LogP contribution in [0.25, 0.3) is 21.6 Å². The van der Waals surface area contributed by atoms with Gasteiger partial charge in [0.15, 0.2) is 0 Å². The molecule has 0 unspecified atom stereocenters. The van der Waals surface area contributed by atoms with Crippen LogP contribution in [0.15, 0.2) is 34.2 Å². The lowest BCUT2D eigenvalue weighted by Crippen LogP contribution is -2.47. The van der Waals surface area contributed by atoms with Gasteiger partial charge in [0.1, 0.15) is 11.5 Å². The van der Waals surface area contributed by atoms with E-state index in [0.717, 1.165) is 45.0 Å². The SMILES string of the molecule is Cc1nc(-c2csc(OCCCN3CCN(c4nsc5ccccc45)CC3)n2)no1. The number of piperazine rings is 1. The summed E-state index contributed by atoms with van der Waals surface area (Å²) in [4.78, 5) is 13.5. The van der Waals surface area contributed by atoms with Crippen LogP contribution in [0.1, 0.15) is 12.3 Å². The molecule has 0 amide bonds. The lowest BCUT2D eigenvalue weighted by Gasteiger charge is -2.35. The van der Waals surface area contributed by atoms with Crippen LogP contribution in [-0.2, 0) is 0 Å². The first kappa shape index (κ1) is 19.4. The Labute approximate surface area is 182 Å². The summed E-state index contributed by atoms with van der Waals surface area (Å²) in [5, 5.41) is 7.69. The van der Waals surface area contributed by atoms with Crippen LogP contribution in [0.3, 0.4) is 0 Å². The van der Waals surface area contributed by atoms with E-state index in [9.17, 15) is 0 Å². The first-order valence-corrected chi connectivity index (χ1v) is 11.6. The molecule has 0 radical (unpaired) electrons. The number of hydrogen-bond acceptors (Lipinski definition) is 10. The molecule has 1 aliphatic heterocycles. The topological polar surface area (TPSA) is 80.4 Å². The normalized spacial score (nSPS) is 15.2. The predicted molar refractivity (Wildman–Crippen MR) is 119 cm³/mol. The summed E-state index contributed by atoms with van der Waals surface area (Å²) in [7, 11) is 0. The molecule has 4 aromatic rings. The Morgan fingerprint density at radius 1 is 1.13 bits per heavy atom. The Morgan fingerprint density at radius 2 is 2.00 bits per heavy atom. The van der Waals surface area contributed by atoms with E-state index in [4.69, 9.17) is 9.26 Å². The number of fused-ring (bicyclic) bond motifs is 1. The van der Waals surface area contributed by atoms with Gasteiger partial charge in [0.25, 0.3) is 5.19 Å². The summed E-state index contributed by atoms with van der Waals surface area (Å²) in [6, 6.07) is 8.47. The van der Waals surface area contributed by atoms with Gasteiger partial charge in [-0.05, 0) is 30.1 Å². The Morgan fingerprint density at radius 3 is 2.83 bits per heavy atom. The molecular weight excluding hydrogens is 420 g/mol. The highest BCUT2D eigenvalue weighted by Crippen LogP contribution is 2.30. The van der Waals surface area contributed by atoms with E-state index in [1.807, 2.05) is 5.38 Å². The molecule has 30 heavy (non-hydrogen) atoms. The minimum absolute atomic E-state index is 0.504. The van der Waals surface area contributed by atoms with Crippen molar-refractivity contribution < 1.29 is 9.26 Å². The standard InChI is InChI=1S/C20H22N6O2S2/c1-14-21-18(23-28-14)16-13-29-20(22-16)27-12-4-7-25-8-10-26(11-9-25)19-15-5-2-3-6-17(15)30-24-19/h2-3,5-6,13H,4,7-12H2,1H3. The number of benzene rings is 1. The Hall–Kier alpha value is -2.56. The van der Waals surface area contributed by atoms with E-state index in [1.165, 1.54) is 21.4 Å². The molecule has 0 atom stereocenters. The van der Waals surface area contributed by atoms with Gasteiger partial charge < -0.3 is 14.2 Å². The molecule has 1 fully saturated rings. The molecule has 0 aliphatic carbocycles. The van der Waals surface area contributed by atoms with Gasteiger partial charge in [-0.1, -0.05) is 28.6 Å². The highest BCUT2D eigenvalue weighted by atomic mass is 32.1. The van der Waals surface area contributed by atoms with Crippen molar-refractivity contribution in [3.05, 3.63) is 35.5 Å². The third kappa shape index (κ3) is 4.16. The minimum atomic E-state index is 0.504. The van der Waals surface area contributed by atoms with Crippen molar-refractivity contribution in [2.45, 2.75) is 13.3 Å². The third-order valence-electron chi connectivity index (χ3n) is 5.11. The number of nitrogens with zero attached hydrogens (tertiary/aromatic N) is 6. The van der Waals surface area contributed by atoms with Gasteiger partial charge >= 0.3 is 0 Å². The molecular formula is C20H22N6O2S2. The molecule has 3 aromatic heterocycles. The molecule has 0 N–H and O–H groups in total. The van der Waals surface area contributed by atoms with Gasteiger partial charge in [0.05, 0.1) is 11.3 Å². The Kier molecular flexibility index (Phi) is 5.60. The largest absolute Gasteiger partial charge is 0.470 e. The summed E-state index contributed by atoms with van der Waals surface area (Å²) in [5.74, 6) is 2.17. The van der Waals surface area contributed by atoms with Crippen molar-refractivity contribution in [2.75, 3.05) is 44.2 Å². The zero-order valence-electron chi connectivity index (χ0n) is 16.7. The monoisotopic (exact) mass is 442 g/mol. The molecule has 0 spiro atoms. The summed E-state index contributed by atoms with van der Waals surface area (Å²) < 4.78 is 16.7. The zero-order valence-corrected chi connectivity index (χ0v) is 18.3. The van der Waals surface area contributed by atoms with Crippen molar-refractivity contribution >= 4 is 38.8 Å². The summed E-state index contributed by atoms with van der Waals surface area (Å²) in [6.45, 7) is 7.54. The molecule has 156 valence electrons. The average Bonchev–Trinajstić information content (AvgIpc) is 3.51. The fraction of sp³-hybridized carbons (Fsp3) is 0.400. The van der Waals surface area contributed by atoms with Crippen LogP contribution in [-0.4, -0.2) is 63.7 Å². The lowest BCUT2D eigenvalue weighted by atomic mass is 10.2. The maximum Gasteiger partial charge on any atom is 0.273 e. The van der Waals surface area contributed by atoms with Crippen LogP contribution in [0.2, 0.25) is 0 Å². The molecule has 8 nitrogen and oxygen atoms in total. The van der Waals surface area contributed by atoms with Crippen molar-refractivity contribution in [1.82, 2.24) is 24.4 Å². The number of hydrogen-bond donors (Lipinski definition) is 0. The summed E-state index contributed by atoms with van der Waals surface area (Å²) in [5.41, 5.74) is 0.692. The van der Waals surface area contributed by atoms with Crippen molar-refractivity contribution in [2.24, 2.45) is 0 Å². The zero-order chi connectivity index (χ0) is 20.3. The van der Waals surface area contributed by atoms with Crippen LogP contribution in [0.5, 0.6) is 5.19 Å². The Balaban J connectivity index is 1.06. The smallest absolute Gasteiger partial charge is 0.273 e. The number of aryl methyl sites for hydroxylation is 1. The fourth-order valence-electron chi connectivity index (χ4n) is 3.56. The predicted octanol–water partition coefficient (Wildman–Crippen LogP) is 3.70. The first-order valence-electron chi connectivity index (χ1n) is 9.97. The minimum Gasteiger partial charge on any atom is -0.470 e. The maximum atomic E-state index is 5.81. The number of ether oxygens (including phenoxy) is 1. The van der Waals surface area contributed by atoms with Gasteiger partial charge in [-0.15, -0.1) is 0 Å².